The minimum atomic E-state index is -4.78. The first-order valence-electron chi connectivity index (χ1n) is 4.88. The molecule has 0 aromatic rings. The maximum Gasteiger partial charge on any atom is 0.522 e. The Morgan fingerprint density at radius 3 is 2.69 bits per heavy atom. The lowest BCUT2D eigenvalue weighted by Crippen LogP contribution is -2.22. The number of hydrogen-bond donors (Lipinski definition) is 1. The molecule has 16 heavy (non-hydrogen) atoms. The van der Waals surface area contributed by atoms with E-state index >= 15 is 0 Å². The Balaban J connectivity index is 2.17. The third kappa shape index (κ3) is 4.61. The highest BCUT2D eigenvalue weighted by atomic mass is 19.4. The van der Waals surface area contributed by atoms with Crippen molar-refractivity contribution in [3.8, 4) is 0 Å². The van der Waals surface area contributed by atoms with Crippen molar-refractivity contribution >= 4 is 11.7 Å². The highest BCUT2D eigenvalue weighted by Gasteiger charge is 2.30. The molecule has 1 aliphatic heterocycles. The minimum Gasteiger partial charge on any atom is -0.356 e. The van der Waals surface area contributed by atoms with E-state index in [4.69, 9.17) is 0 Å². The number of ketones is 1. The highest BCUT2D eigenvalue weighted by Crippen LogP contribution is 2.18. The van der Waals surface area contributed by atoms with Crippen LogP contribution in [0.2, 0.25) is 0 Å². The lowest BCUT2D eigenvalue weighted by Gasteiger charge is -2.08. The summed E-state index contributed by atoms with van der Waals surface area (Å²) in [5.74, 6) is -1.03. The number of nitrogens with one attached hydrogen (secondary N) is 1. The predicted octanol–water partition coefficient (Wildman–Crippen LogP) is 1.01. The molecule has 92 valence electrons. The molecule has 1 saturated heterocycles. The van der Waals surface area contributed by atoms with Crippen molar-refractivity contribution in [2.75, 3.05) is 13.2 Å². The number of ether oxygens (including phenoxy) is 1. The number of Topliss-reactive ketones (excluding diaryl/α,β-unsaturated/α-hetero) is 1. The van der Waals surface area contributed by atoms with Gasteiger partial charge in [0.2, 0.25) is 5.91 Å². The molecule has 0 spiro atoms. The average Bonchev–Trinajstić information content (AvgIpc) is 2.57. The number of amides is 1. The molecule has 1 fully saturated rings. The summed E-state index contributed by atoms with van der Waals surface area (Å²) in [4.78, 5) is 22.1. The fraction of sp³-hybridized carbons (Fsp3) is 0.778. The van der Waals surface area contributed by atoms with E-state index < -0.39 is 18.8 Å². The zero-order valence-electron chi connectivity index (χ0n) is 8.47. The molecular weight excluding hydrogens is 227 g/mol. The Labute approximate surface area is 90.1 Å². The molecular formula is C9H12F3NO3. The SMILES string of the molecule is O=C(CC[C@@H]1CCNC1=O)COC(F)(F)F. The van der Waals surface area contributed by atoms with Gasteiger partial charge in [0.25, 0.3) is 0 Å². The van der Waals surface area contributed by atoms with Crippen molar-refractivity contribution in [3.05, 3.63) is 0 Å². The fourth-order valence-electron chi connectivity index (χ4n) is 1.49. The van der Waals surface area contributed by atoms with Gasteiger partial charge in [0.15, 0.2) is 5.78 Å². The summed E-state index contributed by atoms with van der Waals surface area (Å²) in [5, 5.41) is 2.59. The van der Waals surface area contributed by atoms with Crippen LogP contribution in [-0.4, -0.2) is 31.2 Å². The average molecular weight is 239 g/mol. The van der Waals surface area contributed by atoms with E-state index in [0.29, 0.717) is 13.0 Å². The van der Waals surface area contributed by atoms with Gasteiger partial charge < -0.3 is 5.32 Å². The Bertz CT molecular complexity index is 278. The van der Waals surface area contributed by atoms with Crippen LogP contribution in [0.3, 0.4) is 0 Å². The largest absolute Gasteiger partial charge is 0.522 e. The molecule has 0 aromatic heterocycles. The molecule has 1 heterocycles. The van der Waals surface area contributed by atoms with Gasteiger partial charge in [-0.1, -0.05) is 0 Å². The van der Waals surface area contributed by atoms with Gasteiger partial charge in [0.05, 0.1) is 0 Å². The van der Waals surface area contributed by atoms with E-state index in [1.54, 1.807) is 0 Å². The number of halogens is 3. The van der Waals surface area contributed by atoms with E-state index in [2.05, 4.69) is 10.1 Å². The van der Waals surface area contributed by atoms with Crippen molar-refractivity contribution in [2.24, 2.45) is 5.92 Å². The van der Waals surface area contributed by atoms with Crippen LogP contribution < -0.4 is 5.32 Å². The first-order chi connectivity index (χ1) is 7.38. The van der Waals surface area contributed by atoms with Gasteiger partial charge in [-0.3, -0.25) is 14.3 Å². The van der Waals surface area contributed by atoms with Crippen LogP contribution in [0, 0.1) is 5.92 Å². The van der Waals surface area contributed by atoms with Crippen molar-refractivity contribution in [3.63, 3.8) is 0 Å². The quantitative estimate of drug-likeness (QED) is 0.778. The van der Waals surface area contributed by atoms with Crippen LogP contribution in [0.4, 0.5) is 13.2 Å². The number of rotatable bonds is 5. The molecule has 0 radical (unpaired) electrons. The summed E-state index contributed by atoms with van der Waals surface area (Å²) in [5.41, 5.74) is 0. The second-order valence-electron chi connectivity index (χ2n) is 3.59. The lowest BCUT2D eigenvalue weighted by atomic mass is 10.0. The molecule has 0 bridgehead atoms. The smallest absolute Gasteiger partial charge is 0.356 e. The van der Waals surface area contributed by atoms with E-state index in [1.807, 2.05) is 0 Å². The second kappa shape index (κ2) is 5.29. The standard InChI is InChI=1S/C9H12F3NO3/c10-9(11,12)16-5-7(14)2-1-6-3-4-13-8(6)15/h6H,1-5H2,(H,13,15)/t6-/m1/s1. The Morgan fingerprint density at radius 1 is 1.50 bits per heavy atom. The molecule has 0 unspecified atom stereocenters. The number of hydrogen-bond acceptors (Lipinski definition) is 3. The molecule has 1 atom stereocenters. The van der Waals surface area contributed by atoms with Crippen molar-refractivity contribution in [2.45, 2.75) is 25.6 Å². The van der Waals surface area contributed by atoms with E-state index in [1.165, 1.54) is 0 Å². The Morgan fingerprint density at radius 2 is 2.19 bits per heavy atom. The first kappa shape index (κ1) is 13.0. The third-order valence-electron chi connectivity index (χ3n) is 2.33. The molecule has 1 N–H and O–H groups in total. The predicted molar refractivity (Wildman–Crippen MR) is 47.4 cm³/mol. The Hall–Kier alpha value is -1.11. The molecule has 0 saturated carbocycles. The van der Waals surface area contributed by atoms with Crippen molar-refractivity contribution in [1.82, 2.24) is 5.32 Å². The van der Waals surface area contributed by atoms with Crippen LogP contribution in [-0.2, 0) is 14.3 Å². The van der Waals surface area contributed by atoms with Gasteiger partial charge in [-0.15, -0.1) is 13.2 Å². The summed E-state index contributed by atoms with van der Waals surface area (Å²) in [6, 6.07) is 0. The maximum absolute atomic E-state index is 11.6. The van der Waals surface area contributed by atoms with Gasteiger partial charge >= 0.3 is 6.36 Å². The van der Waals surface area contributed by atoms with Crippen LogP contribution in [0.25, 0.3) is 0 Å². The lowest BCUT2D eigenvalue weighted by molar-refractivity contribution is -0.320. The first-order valence-corrected chi connectivity index (χ1v) is 4.88. The van der Waals surface area contributed by atoms with Crippen LogP contribution >= 0.6 is 0 Å². The van der Waals surface area contributed by atoms with E-state index in [9.17, 15) is 22.8 Å². The van der Waals surface area contributed by atoms with Crippen LogP contribution in [0.15, 0.2) is 0 Å². The van der Waals surface area contributed by atoms with Gasteiger partial charge in [-0.2, -0.15) is 0 Å². The van der Waals surface area contributed by atoms with Gasteiger partial charge in [0.1, 0.15) is 6.61 Å². The molecule has 0 aromatic carbocycles. The van der Waals surface area contributed by atoms with Gasteiger partial charge in [0, 0.05) is 18.9 Å². The zero-order valence-corrected chi connectivity index (χ0v) is 8.47. The molecule has 7 heteroatoms. The summed E-state index contributed by atoms with van der Waals surface area (Å²) in [6.45, 7) is -0.408. The van der Waals surface area contributed by atoms with Gasteiger partial charge in [-0.05, 0) is 12.8 Å². The summed E-state index contributed by atoms with van der Waals surface area (Å²) in [6.07, 6.45) is -3.92. The monoisotopic (exact) mass is 239 g/mol. The van der Waals surface area contributed by atoms with Gasteiger partial charge in [-0.25, -0.2) is 0 Å². The van der Waals surface area contributed by atoms with Crippen LogP contribution in [0.1, 0.15) is 19.3 Å². The number of carbonyl (C=O) groups is 2. The third-order valence-corrected chi connectivity index (χ3v) is 2.33. The maximum atomic E-state index is 11.6. The van der Waals surface area contributed by atoms with Crippen molar-refractivity contribution < 1.29 is 27.5 Å². The topological polar surface area (TPSA) is 55.4 Å². The fourth-order valence-corrected chi connectivity index (χ4v) is 1.49. The normalized spacial score (nSPS) is 20.9. The minimum absolute atomic E-state index is 0.0613. The molecule has 4 nitrogen and oxygen atoms in total. The van der Waals surface area contributed by atoms with Crippen LogP contribution in [0.5, 0.6) is 0 Å². The second-order valence-corrected chi connectivity index (χ2v) is 3.59. The zero-order chi connectivity index (χ0) is 12.2. The van der Waals surface area contributed by atoms with Crippen molar-refractivity contribution in [1.29, 1.82) is 0 Å². The molecule has 1 aliphatic rings. The Kier molecular flexibility index (Phi) is 4.28. The molecule has 0 aliphatic carbocycles. The summed E-state index contributed by atoms with van der Waals surface area (Å²) in [7, 11) is 0. The summed E-state index contributed by atoms with van der Waals surface area (Å²) < 4.78 is 38.1. The molecule has 1 rings (SSSR count). The summed E-state index contributed by atoms with van der Waals surface area (Å²) >= 11 is 0. The number of carbonyl (C=O) groups excluding carboxylic acids is 2. The van der Waals surface area contributed by atoms with E-state index in [-0.39, 0.29) is 24.7 Å². The highest BCUT2D eigenvalue weighted by molar-refractivity contribution is 5.83. The number of alkyl halides is 3. The molecule has 1 amide bonds. The van der Waals surface area contributed by atoms with E-state index in [0.717, 1.165) is 0 Å².